The molecule has 0 saturated carbocycles. The van der Waals surface area contributed by atoms with Crippen LogP contribution in [0.4, 0.5) is 0 Å². The van der Waals surface area contributed by atoms with E-state index < -0.39 is 0 Å². The fourth-order valence-corrected chi connectivity index (χ4v) is 3.12. The lowest BCUT2D eigenvalue weighted by molar-refractivity contribution is 0.0102. The van der Waals surface area contributed by atoms with Crippen molar-refractivity contribution < 1.29 is 4.74 Å². The molecule has 4 heteroatoms. The van der Waals surface area contributed by atoms with Gasteiger partial charge in [0.15, 0.2) is 0 Å². The zero-order chi connectivity index (χ0) is 12.8. The van der Waals surface area contributed by atoms with Gasteiger partial charge in [-0.25, -0.2) is 0 Å². The fourth-order valence-electron chi connectivity index (χ4n) is 2.31. The van der Waals surface area contributed by atoms with Crippen molar-refractivity contribution in [3.05, 3.63) is 29.0 Å². The molecule has 2 rings (SSSR count). The number of aromatic nitrogens is 1. The first kappa shape index (κ1) is 14.3. The highest BCUT2D eigenvalue weighted by atomic mass is 79.9. The molecule has 100 valence electrons. The lowest BCUT2D eigenvalue weighted by atomic mass is 10.0. The Bertz CT molecular complexity index is 369. The molecule has 2 atom stereocenters. The highest BCUT2D eigenvalue weighted by Gasteiger charge is 2.16. The third-order valence-corrected chi connectivity index (χ3v) is 4.50. The van der Waals surface area contributed by atoms with Crippen molar-refractivity contribution in [3.8, 4) is 0 Å². The van der Waals surface area contributed by atoms with Gasteiger partial charge < -0.3 is 4.74 Å². The van der Waals surface area contributed by atoms with Gasteiger partial charge in [0.2, 0.25) is 0 Å². The van der Waals surface area contributed by atoms with Crippen LogP contribution in [0.3, 0.4) is 0 Å². The van der Waals surface area contributed by atoms with Crippen LogP contribution in [0.5, 0.6) is 0 Å². The zero-order valence-electron chi connectivity index (χ0n) is 10.4. The van der Waals surface area contributed by atoms with Gasteiger partial charge >= 0.3 is 0 Å². The van der Waals surface area contributed by atoms with Gasteiger partial charge in [0.25, 0.3) is 0 Å². The summed E-state index contributed by atoms with van der Waals surface area (Å²) in [7, 11) is 0. The first-order valence-corrected chi connectivity index (χ1v) is 7.89. The Hall–Kier alpha value is -0.120. The average molecular weight is 333 g/mol. The molecule has 1 saturated heterocycles. The van der Waals surface area contributed by atoms with E-state index in [-0.39, 0.29) is 0 Å². The van der Waals surface area contributed by atoms with Crippen LogP contribution in [0.15, 0.2) is 18.5 Å². The summed E-state index contributed by atoms with van der Waals surface area (Å²) in [6.45, 7) is 0.938. The summed E-state index contributed by atoms with van der Waals surface area (Å²) in [4.78, 5) is 4.47. The molecule has 0 bridgehead atoms. The van der Waals surface area contributed by atoms with Gasteiger partial charge in [-0.15, -0.1) is 0 Å². The molecule has 2 nitrogen and oxygen atoms in total. The van der Waals surface area contributed by atoms with Crippen molar-refractivity contribution in [1.29, 1.82) is 0 Å². The Balaban J connectivity index is 1.74. The average Bonchev–Trinajstić information content (AvgIpc) is 2.40. The summed E-state index contributed by atoms with van der Waals surface area (Å²) in [5.41, 5.74) is 1.16. The van der Waals surface area contributed by atoms with E-state index in [2.05, 4.69) is 20.9 Å². The second kappa shape index (κ2) is 7.46. The molecule has 1 aromatic heterocycles. The van der Waals surface area contributed by atoms with Crippen LogP contribution < -0.4 is 0 Å². The smallest absolute Gasteiger partial charge is 0.0621 e. The van der Waals surface area contributed by atoms with Gasteiger partial charge in [0, 0.05) is 23.8 Å². The normalized spacial score (nSPS) is 21.8. The molecule has 1 aliphatic heterocycles. The van der Waals surface area contributed by atoms with Crippen molar-refractivity contribution >= 4 is 27.5 Å². The Kier molecular flexibility index (Phi) is 5.93. The maximum atomic E-state index is 6.11. The molecule has 18 heavy (non-hydrogen) atoms. The Morgan fingerprint density at radius 2 is 2.39 bits per heavy atom. The van der Waals surface area contributed by atoms with E-state index in [4.69, 9.17) is 16.3 Å². The lowest BCUT2D eigenvalue weighted by Crippen LogP contribution is -2.20. The summed E-state index contributed by atoms with van der Waals surface area (Å²) in [6, 6.07) is 1.99. The maximum Gasteiger partial charge on any atom is 0.0621 e. The molecule has 2 unspecified atom stereocenters. The van der Waals surface area contributed by atoms with Crippen molar-refractivity contribution in [2.24, 2.45) is 0 Å². The Morgan fingerprint density at radius 3 is 3.11 bits per heavy atom. The highest BCUT2D eigenvalue weighted by molar-refractivity contribution is 9.09. The van der Waals surface area contributed by atoms with Gasteiger partial charge in [-0.2, -0.15) is 0 Å². The number of ether oxygens (including phenoxy) is 1. The third-order valence-electron chi connectivity index (χ3n) is 3.37. The van der Waals surface area contributed by atoms with Crippen LogP contribution in [0.1, 0.15) is 37.7 Å². The number of rotatable bonds is 5. The molecule has 1 fully saturated rings. The predicted molar refractivity (Wildman–Crippen MR) is 78.5 cm³/mol. The van der Waals surface area contributed by atoms with E-state index in [1.54, 1.807) is 12.4 Å². The van der Waals surface area contributed by atoms with E-state index in [0.29, 0.717) is 10.9 Å². The Morgan fingerprint density at radius 1 is 1.50 bits per heavy atom. The minimum Gasteiger partial charge on any atom is -0.378 e. The van der Waals surface area contributed by atoms with Crippen LogP contribution in [0.25, 0.3) is 0 Å². The second-order valence-corrected chi connectivity index (χ2v) is 6.54. The van der Waals surface area contributed by atoms with Gasteiger partial charge in [0.1, 0.15) is 0 Å². The Labute approximate surface area is 122 Å². The molecule has 0 spiro atoms. The predicted octanol–water partition coefficient (Wildman–Crippen LogP) is 4.39. The molecule has 1 aliphatic rings. The fraction of sp³-hybridized carbons (Fsp3) is 0.643. The van der Waals surface area contributed by atoms with Crippen LogP contribution in [0, 0.1) is 0 Å². The summed E-state index contributed by atoms with van der Waals surface area (Å²) in [6.07, 6.45) is 10.9. The second-order valence-electron chi connectivity index (χ2n) is 4.83. The van der Waals surface area contributed by atoms with Crippen molar-refractivity contribution in [2.75, 3.05) is 6.61 Å². The summed E-state index contributed by atoms with van der Waals surface area (Å²) in [5.74, 6) is 0. The highest BCUT2D eigenvalue weighted by Crippen LogP contribution is 2.24. The molecule has 0 aliphatic carbocycles. The number of hydrogen-bond donors (Lipinski definition) is 0. The summed E-state index contributed by atoms with van der Waals surface area (Å²) >= 11 is 9.85. The van der Waals surface area contributed by atoms with E-state index in [1.165, 1.54) is 19.3 Å². The number of alkyl halides is 1. The molecule has 1 aromatic rings. The van der Waals surface area contributed by atoms with Gasteiger partial charge in [-0.05, 0) is 50.2 Å². The number of halogens is 2. The summed E-state index contributed by atoms with van der Waals surface area (Å²) in [5, 5.41) is 0.760. The largest absolute Gasteiger partial charge is 0.378 e. The number of pyridine rings is 1. The molecular weight excluding hydrogens is 314 g/mol. The monoisotopic (exact) mass is 331 g/mol. The molecule has 0 radical (unpaired) electrons. The molecule has 2 heterocycles. The van der Waals surface area contributed by atoms with Gasteiger partial charge in [-0.1, -0.05) is 27.5 Å². The maximum absolute atomic E-state index is 6.11. The lowest BCUT2D eigenvalue weighted by Gasteiger charge is -2.23. The topological polar surface area (TPSA) is 22.1 Å². The molecular formula is C14H19BrClNO. The first-order chi connectivity index (χ1) is 8.75. The minimum atomic E-state index is 0.461. The van der Waals surface area contributed by atoms with Crippen molar-refractivity contribution in [2.45, 2.75) is 49.5 Å². The SMILES string of the molecule is Clc1cnccc1CC(Br)CCC1CCCCO1. The third kappa shape index (κ3) is 4.52. The van der Waals surface area contributed by atoms with Crippen LogP contribution in [-0.4, -0.2) is 22.5 Å². The van der Waals surface area contributed by atoms with Crippen LogP contribution in [0.2, 0.25) is 5.02 Å². The minimum absolute atomic E-state index is 0.461. The zero-order valence-corrected chi connectivity index (χ0v) is 12.8. The van der Waals surface area contributed by atoms with Crippen molar-refractivity contribution in [3.63, 3.8) is 0 Å². The number of hydrogen-bond acceptors (Lipinski definition) is 2. The molecule has 0 N–H and O–H groups in total. The van der Waals surface area contributed by atoms with E-state index in [0.717, 1.165) is 36.5 Å². The van der Waals surface area contributed by atoms with Crippen molar-refractivity contribution in [1.82, 2.24) is 4.98 Å². The van der Waals surface area contributed by atoms with E-state index in [1.807, 2.05) is 6.07 Å². The molecule has 0 amide bonds. The van der Waals surface area contributed by atoms with Crippen LogP contribution >= 0.6 is 27.5 Å². The first-order valence-electron chi connectivity index (χ1n) is 6.60. The van der Waals surface area contributed by atoms with Crippen LogP contribution in [-0.2, 0) is 11.2 Å². The van der Waals surface area contributed by atoms with E-state index in [9.17, 15) is 0 Å². The summed E-state index contributed by atoms with van der Waals surface area (Å²) < 4.78 is 5.75. The van der Waals surface area contributed by atoms with Gasteiger partial charge in [-0.3, -0.25) is 4.98 Å². The molecule has 0 aromatic carbocycles. The standard InChI is InChI=1S/C14H19BrClNO/c15-12(4-5-13-3-1-2-8-18-13)9-11-6-7-17-10-14(11)16/h6-7,10,12-13H,1-5,8-9H2. The number of nitrogens with zero attached hydrogens (tertiary/aromatic N) is 1. The quantitative estimate of drug-likeness (QED) is 0.746. The van der Waals surface area contributed by atoms with Gasteiger partial charge in [0.05, 0.1) is 11.1 Å². The van der Waals surface area contributed by atoms with E-state index >= 15 is 0 Å².